The average Bonchev–Trinajstić information content (AvgIpc) is 3.15. The molecule has 0 fully saturated rings. The molecule has 0 bridgehead atoms. The Morgan fingerprint density at radius 3 is 2.76 bits per heavy atom. The van der Waals surface area contributed by atoms with Crippen molar-refractivity contribution < 1.29 is 23.8 Å². The Balaban J connectivity index is 1.47. The van der Waals surface area contributed by atoms with E-state index in [1.54, 1.807) is 18.2 Å². The topological polar surface area (TPSA) is 98.2 Å². The molecule has 3 rings (SSSR count). The van der Waals surface area contributed by atoms with Crippen molar-refractivity contribution in [2.24, 2.45) is 5.10 Å². The molecule has 0 atom stereocenters. The first-order valence-electron chi connectivity index (χ1n) is 8.88. The summed E-state index contributed by atoms with van der Waals surface area (Å²) >= 11 is 3.44. The number of hydrogen-bond donors (Lipinski definition) is 2. The summed E-state index contributed by atoms with van der Waals surface area (Å²) in [5.74, 6) is 0.973. The molecule has 2 amide bonds. The SMILES string of the molecule is CC(C)Oc1ccc(C=NNC(=O)CNC(=O)c2ccc3c(c2)OCO3)cc1Br. The molecular formula is C20H20BrN3O5. The molecule has 0 aromatic heterocycles. The summed E-state index contributed by atoms with van der Waals surface area (Å²) in [7, 11) is 0. The van der Waals surface area contributed by atoms with Gasteiger partial charge in [0.25, 0.3) is 11.8 Å². The molecule has 1 aliphatic rings. The Hall–Kier alpha value is -3.07. The van der Waals surface area contributed by atoms with Gasteiger partial charge in [-0.1, -0.05) is 0 Å². The molecule has 0 radical (unpaired) electrons. The first kappa shape index (κ1) is 20.7. The van der Waals surface area contributed by atoms with Crippen LogP contribution >= 0.6 is 15.9 Å². The van der Waals surface area contributed by atoms with Gasteiger partial charge in [0.15, 0.2) is 11.5 Å². The average molecular weight is 462 g/mol. The van der Waals surface area contributed by atoms with E-state index in [1.807, 2.05) is 32.0 Å². The number of carbonyl (C=O) groups excluding carboxylic acids is 2. The van der Waals surface area contributed by atoms with Gasteiger partial charge in [0.2, 0.25) is 6.79 Å². The standard InChI is InChI=1S/C20H20BrN3O5/c1-12(2)29-16-5-3-13(7-15(16)21)9-23-24-19(25)10-22-20(26)14-4-6-17-18(8-14)28-11-27-17/h3-9,12H,10-11H2,1-2H3,(H,22,26)(H,24,25). The van der Waals surface area contributed by atoms with Crippen LogP contribution in [0.5, 0.6) is 17.2 Å². The van der Waals surface area contributed by atoms with Crippen LogP contribution in [0.3, 0.4) is 0 Å². The summed E-state index contributed by atoms with van der Waals surface area (Å²) < 4.78 is 16.9. The normalized spacial score (nSPS) is 12.3. The molecule has 0 saturated carbocycles. The third-order valence-electron chi connectivity index (χ3n) is 3.77. The minimum atomic E-state index is -0.450. The number of ether oxygens (including phenoxy) is 3. The number of amides is 2. The van der Waals surface area contributed by atoms with E-state index in [-0.39, 0.29) is 19.4 Å². The molecule has 2 aromatic carbocycles. The molecular weight excluding hydrogens is 442 g/mol. The molecule has 1 heterocycles. The van der Waals surface area contributed by atoms with Gasteiger partial charge in [-0.15, -0.1) is 0 Å². The molecule has 2 aromatic rings. The van der Waals surface area contributed by atoms with Gasteiger partial charge in [-0.3, -0.25) is 9.59 Å². The molecule has 0 aliphatic carbocycles. The Morgan fingerprint density at radius 1 is 1.21 bits per heavy atom. The zero-order valence-corrected chi connectivity index (χ0v) is 17.5. The van der Waals surface area contributed by atoms with Crippen molar-refractivity contribution in [3.05, 3.63) is 52.0 Å². The summed E-state index contributed by atoms with van der Waals surface area (Å²) in [5, 5.41) is 6.43. The Bertz CT molecular complexity index is 946. The largest absolute Gasteiger partial charge is 0.490 e. The van der Waals surface area contributed by atoms with Crippen molar-refractivity contribution in [2.75, 3.05) is 13.3 Å². The van der Waals surface area contributed by atoms with Crippen LogP contribution in [0.15, 0.2) is 46.0 Å². The van der Waals surface area contributed by atoms with Gasteiger partial charge in [-0.2, -0.15) is 5.10 Å². The van der Waals surface area contributed by atoms with E-state index in [9.17, 15) is 9.59 Å². The summed E-state index contributed by atoms with van der Waals surface area (Å²) in [4.78, 5) is 24.0. The van der Waals surface area contributed by atoms with E-state index in [1.165, 1.54) is 6.21 Å². The van der Waals surface area contributed by atoms with Crippen LogP contribution in [-0.2, 0) is 4.79 Å². The van der Waals surface area contributed by atoms with Crippen molar-refractivity contribution in [1.29, 1.82) is 0 Å². The molecule has 0 saturated heterocycles. The van der Waals surface area contributed by atoms with Gasteiger partial charge in [0.1, 0.15) is 5.75 Å². The second kappa shape index (κ2) is 9.42. The molecule has 2 N–H and O–H groups in total. The minimum absolute atomic E-state index is 0.0676. The Morgan fingerprint density at radius 2 is 2.00 bits per heavy atom. The minimum Gasteiger partial charge on any atom is -0.490 e. The lowest BCUT2D eigenvalue weighted by Gasteiger charge is -2.11. The van der Waals surface area contributed by atoms with Crippen molar-refractivity contribution >= 4 is 34.0 Å². The quantitative estimate of drug-likeness (QED) is 0.487. The van der Waals surface area contributed by atoms with Gasteiger partial charge in [0.05, 0.1) is 23.3 Å². The molecule has 29 heavy (non-hydrogen) atoms. The summed E-state index contributed by atoms with van der Waals surface area (Å²) in [6.45, 7) is 3.81. The van der Waals surface area contributed by atoms with Crippen molar-refractivity contribution in [3.8, 4) is 17.2 Å². The summed E-state index contributed by atoms with van der Waals surface area (Å²) in [6, 6.07) is 10.3. The lowest BCUT2D eigenvalue weighted by atomic mass is 10.2. The molecule has 8 nitrogen and oxygen atoms in total. The van der Waals surface area contributed by atoms with Crippen molar-refractivity contribution in [1.82, 2.24) is 10.7 Å². The second-order valence-corrected chi connectivity index (χ2v) is 7.25. The first-order chi connectivity index (χ1) is 13.9. The van der Waals surface area contributed by atoms with E-state index in [0.29, 0.717) is 17.1 Å². The number of fused-ring (bicyclic) bond motifs is 1. The van der Waals surface area contributed by atoms with E-state index >= 15 is 0 Å². The number of nitrogens with zero attached hydrogens (tertiary/aromatic N) is 1. The van der Waals surface area contributed by atoms with Crippen molar-refractivity contribution in [3.63, 3.8) is 0 Å². The zero-order chi connectivity index (χ0) is 20.8. The summed E-state index contributed by atoms with van der Waals surface area (Å²) in [5.41, 5.74) is 3.52. The van der Waals surface area contributed by atoms with Crippen molar-refractivity contribution in [2.45, 2.75) is 20.0 Å². The number of rotatable bonds is 7. The highest BCUT2D eigenvalue weighted by Gasteiger charge is 2.16. The van der Waals surface area contributed by atoms with Gasteiger partial charge < -0.3 is 19.5 Å². The molecule has 1 aliphatic heterocycles. The fourth-order valence-electron chi connectivity index (χ4n) is 2.47. The van der Waals surface area contributed by atoms with E-state index in [2.05, 4.69) is 31.8 Å². The lowest BCUT2D eigenvalue weighted by molar-refractivity contribution is -0.120. The first-order valence-corrected chi connectivity index (χ1v) is 9.67. The van der Waals surface area contributed by atoms with Crippen LogP contribution in [0.4, 0.5) is 0 Å². The van der Waals surface area contributed by atoms with E-state index in [0.717, 1.165) is 15.8 Å². The number of hydrazone groups is 1. The fourth-order valence-corrected chi connectivity index (χ4v) is 2.96. The molecule has 0 spiro atoms. The number of nitrogens with one attached hydrogen (secondary N) is 2. The van der Waals surface area contributed by atoms with E-state index < -0.39 is 11.8 Å². The molecule has 0 unspecified atom stereocenters. The number of carbonyl (C=O) groups is 2. The Labute approximate surface area is 176 Å². The number of benzene rings is 2. The summed E-state index contributed by atoms with van der Waals surface area (Å²) in [6.07, 6.45) is 1.57. The van der Waals surface area contributed by atoms with Gasteiger partial charge in [-0.05, 0) is 71.7 Å². The van der Waals surface area contributed by atoms with Crippen LogP contribution in [0.1, 0.15) is 29.8 Å². The number of halogens is 1. The zero-order valence-electron chi connectivity index (χ0n) is 15.9. The lowest BCUT2D eigenvalue weighted by Crippen LogP contribution is -2.34. The molecule has 9 heteroatoms. The highest BCUT2D eigenvalue weighted by Crippen LogP contribution is 2.32. The molecule has 152 valence electrons. The highest BCUT2D eigenvalue weighted by atomic mass is 79.9. The van der Waals surface area contributed by atoms with Gasteiger partial charge in [-0.25, -0.2) is 5.43 Å². The van der Waals surface area contributed by atoms with E-state index in [4.69, 9.17) is 14.2 Å². The van der Waals surface area contributed by atoms with Gasteiger partial charge >= 0.3 is 0 Å². The fraction of sp³-hybridized carbons (Fsp3) is 0.250. The number of hydrogen-bond acceptors (Lipinski definition) is 6. The van der Waals surface area contributed by atoms with Crippen LogP contribution < -0.4 is 25.0 Å². The van der Waals surface area contributed by atoms with Crippen LogP contribution in [0.2, 0.25) is 0 Å². The van der Waals surface area contributed by atoms with Crippen LogP contribution in [-0.4, -0.2) is 37.5 Å². The maximum Gasteiger partial charge on any atom is 0.259 e. The smallest absolute Gasteiger partial charge is 0.259 e. The maximum absolute atomic E-state index is 12.1. The third kappa shape index (κ3) is 5.71. The van der Waals surface area contributed by atoms with Crippen LogP contribution in [0, 0.1) is 0 Å². The van der Waals surface area contributed by atoms with Crippen LogP contribution in [0.25, 0.3) is 0 Å². The maximum atomic E-state index is 12.1. The predicted octanol–water partition coefficient (Wildman–Crippen LogP) is 2.85. The third-order valence-corrected chi connectivity index (χ3v) is 4.39. The second-order valence-electron chi connectivity index (χ2n) is 6.40. The predicted molar refractivity (Wildman–Crippen MR) is 111 cm³/mol. The van der Waals surface area contributed by atoms with Gasteiger partial charge in [0, 0.05) is 5.56 Å². The monoisotopic (exact) mass is 461 g/mol. The Kier molecular flexibility index (Phi) is 6.71. The highest BCUT2D eigenvalue weighted by molar-refractivity contribution is 9.10.